The summed E-state index contributed by atoms with van der Waals surface area (Å²) in [5.41, 5.74) is 3.26. The molecule has 0 saturated heterocycles. The number of carboxylic acids is 1. The lowest BCUT2D eigenvalue weighted by Crippen LogP contribution is -1.95. The van der Waals surface area contributed by atoms with Gasteiger partial charge in [0, 0.05) is 11.8 Å². The molecule has 0 aliphatic rings. The van der Waals surface area contributed by atoms with E-state index < -0.39 is 5.97 Å². The molecule has 0 unspecified atom stereocenters. The Morgan fingerprint density at radius 2 is 1.91 bits per heavy atom. The molecule has 3 rings (SSSR count). The fourth-order valence-corrected chi connectivity index (χ4v) is 2.05. The first kappa shape index (κ1) is 13.8. The molecule has 0 saturated carbocycles. The molecule has 5 heteroatoms. The van der Waals surface area contributed by atoms with Crippen LogP contribution in [0.25, 0.3) is 17.1 Å². The van der Waals surface area contributed by atoms with Gasteiger partial charge in [-0.2, -0.15) is 0 Å². The van der Waals surface area contributed by atoms with E-state index in [0.717, 1.165) is 28.4 Å². The Morgan fingerprint density at radius 3 is 2.73 bits per heavy atom. The summed E-state index contributed by atoms with van der Waals surface area (Å²) in [7, 11) is 0. The predicted octanol–water partition coefficient (Wildman–Crippen LogP) is 3.47. The third-order valence-corrected chi connectivity index (χ3v) is 3.03. The molecule has 1 aromatic heterocycles. The van der Waals surface area contributed by atoms with Crippen LogP contribution in [-0.4, -0.2) is 21.0 Å². The number of para-hydroxylation sites is 2. The van der Waals surface area contributed by atoms with Crippen molar-refractivity contribution in [2.24, 2.45) is 0 Å². The van der Waals surface area contributed by atoms with Crippen LogP contribution >= 0.6 is 0 Å². The standard InChI is InChI=1S/C17H13N3O2/c21-17(22)9-8-12-4-3-5-13(10-12)19-16-11-18-14-6-1-2-7-15(14)20-16/h1-11H,(H,19,20)(H,21,22)/b9-8+. The molecule has 2 N–H and O–H groups in total. The van der Waals surface area contributed by atoms with Crippen LogP contribution in [0.3, 0.4) is 0 Å². The molecule has 0 radical (unpaired) electrons. The first-order valence-corrected chi connectivity index (χ1v) is 6.70. The van der Waals surface area contributed by atoms with Crippen LogP contribution < -0.4 is 5.32 Å². The molecular weight excluding hydrogens is 278 g/mol. The summed E-state index contributed by atoms with van der Waals surface area (Å²) in [5.74, 6) is -0.336. The molecule has 2 aromatic carbocycles. The van der Waals surface area contributed by atoms with E-state index in [2.05, 4.69) is 15.3 Å². The number of fused-ring (bicyclic) bond motifs is 1. The summed E-state index contributed by atoms with van der Waals surface area (Å²) in [4.78, 5) is 19.4. The molecule has 0 amide bonds. The lowest BCUT2D eigenvalue weighted by atomic mass is 10.2. The summed E-state index contributed by atoms with van der Waals surface area (Å²) in [6.45, 7) is 0. The monoisotopic (exact) mass is 291 g/mol. The van der Waals surface area contributed by atoms with E-state index >= 15 is 0 Å². The molecule has 0 bridgehead atoms. The van der Waals surface area contributed by atoms with Crippen LogP contribution in [0.5, 0.6) is 0 Å². The topological polar surface area (TPSA) is 75.1 Å². The predicted molar refractivity (Wildman–Crippen MR) is 85.9 cm³/mol. The second-order valence-electron chi connectivity index (χ2n) is 4.67. The average molecular weight is 291 g/mol. The van der Waals surface area contributed by atoms with E-state index in [1.807, 2.05) is 48.5 Å². The van der Waals surface area contributed by atoms with Crippen molar-refractivity contribution in [1.82, 2.24) is 9.97 Å². The van der Waals surface area contributed by atoms with Crippen LogP contribution in [-0.2, 0) is 4.79 Å². The largest absolute Gasteiger partial charge is 0.478 e. The molecule has 0 spiro atoms. The second kappa shape index (κ2) is 6.05. The number of carboxylic acid groups (broad SMARTS) is 1. The Balaban J connectivity index is 1.85. The van der Waals surface area contributed by atoms with Gasteiger partial charge in [0.25, 0.3) is 0 Å². The van der Waals surface area contributed by atoms with Gasteiger partial charge in [0.2, 0.25) is 0 Å². The number of nitrogens with zero attached hydrogens (tertiary/aromatic N) is 2. The highest BCUT2D eigenvalue weighted by molar-refractivity contribution is 5.85. The van der Waals surface area contributed by atoms with Crippen molar-refractivity contribution >= 4 is 34.6 Å². The van der Waals surface area contributed by atoms with E-state index in [1.54, 1.807) is 12.3 Å². The number of aromatic nitrogens is 2. The van der Waals surface area contributed by atoms with E-state index in [4.69, 9.17) is 5.11 Å². The van der Waals surface area contributed by atoms with E-state index in [0.29, 0.717) is 5.82 Å². The van der Waals surface area contributed by atoms with E-state index in [1.165, 1.54) is 0 Å². The molecule has 0 aliphatic heterocycles. The Kier molecular flexibility index (Phi) is 3.78. The van der Waals surface area contributed by atoms with Gasteiger partial charge in [0.1, 0.15) is 5.82 Å². The fourth-order valence-electron chi connectivity index (χ4n) is 2.05. The smallest absolute Gasteiger partial charge is 0.328 e. The Bertz CT molecular complexity index is 859. The molecule has 1 heterocycles. The minimum absolute atomic E-state index is 0.637. The zero-order valence-electron chi connectivity index (χ0n) is 11.6. The van der Waals surface area contributed by atoms with Crippen molar-refractivity contribution in [2.75, 3.05) is 5.32 Å². The number of nitrogens with one attached hydrogen (secondary N) is 1. The minimum Gasteiger partial charge on any atom is -0.478 e. The molecule has 5 nitrogen and oxygen atoms in total. The average Bonchev–Trinajstić information content (AvgIpc) is 2.53. The first-order chi connectivity index (χ1) is 10.7. The third-order valence-electron chi connectivity index (χ3n) is 3.03. The lowest BCUT2D eigenvalue weighted by Gasteiger charge is -2.07. The summed E-state index contributed by atoms with van der Waals surface area (Å²) >= 11 is 0. The van der Waals surface area contributed by atoms with E-state index in [9.17, 15) is 4.79 Å². The number of rotatable bonds is 4. The number of hydrogen-bond donors (Lipinski definition) is 2. The normalized spacial score (nSPS) is 10.9. The molecule has 0 atom stereocenters. The van der Waals surface area contributed by atoms with Crippen molar-refractivity contribution in [3.05, 3.63) is 66.4 Å². The zero-order chi connectivity index (χ0) is 15.4. The minimum atomic E-state index is -0.973. The lowest BCUT2D eigenvalue weighted by molar-refractivity contribution is -0.131. The van der Waals surface area contributed by atoms with Crippen LogP contribution in [0.4, 0.5) is 11.5 Å². The maximum Gasteiger partial charge on any atom is 0.328 e. The van der Waals surface area contributed by atoms with Crippen LogP contribution in [0.15, 0.2) is 60.8 Å². The van der Waals surface area contributed by atoms with Gasteiger partial charge >= 0.3 is 5.97 Å². The highest BCUT2D eigenvalue weighted by Crippen LogP contribution is 2.18. The van der Waals surface area contributed by atoms with Crippen molar-refractivity contribution in [2.45, 2.75) is 0 Å². The van der Waals surface area contributed by atoms with Gasteiger partial charge in [-0.15, -0.1) is 0 Å². The van der Waals surface area contributed by atoms with E-state index in [-0.39, 0.29) is 0 Å². The van der Waals surface area contributed by atoms with Gasteiger partial charge in [-0.3, -0.25) is 4.98 Å². The highest BCUT2D eigenvalue weighted by atomic mass is 16.4. The van der Waals surface area contributed by atoms with Crippen LogP contribution in [0.1, 0.15) is 5.56 Å². The Morgan fingerprint density at radius 1 is 1.09 bits per heavy atom. The van der Waals surface area contributed by atoms with Crippen molar-refractivity contribution in [3.8, 4) is 0 Å². The number of benzene rings is 2. The van der Waals surface area contributed by atoms with Gasteiger partial charge in [0.15, 0.2) is 0 Å². The number of carbonyl (C=O) groups is 1. The van der Waals surface area contributed by atoms with Crippen LogP contribution in [0.2, 0.25) is 0 Å². The first-order valence-electron chi connectivity index (χ1n) is 6.70. The van der Waals surface area contributed by atoms with Crippen LogP contribution in [0, 0.1) is 0 Å². The van der Waals surface area contributed by atoms with Gasteiger partial charge < -0.3 is 10.4 Å². The fraction of sp³-hybridized carbons (Fsp3) is 0. The number of hydrogen-bond acceptors (Lipinski definition) is 4. The van der Waals surface area contributed by atoms with Gasteiger partial charge in [-0.05, 0) is 35.9 Å². The molecule has 3 aromatic rings. The Hall–Kier alpha value is -3.21. The SMILES string of the molecule is O=C(O)/C=C/c1cccc(Nc2cnc3ccccc3n2)c1. The van der Waals surface area contributed by atoms with Crippen molar-refractivity contribution in [3.63, 3.8) is 0 Å². The number of anilines is 2. The van der Waals surface area contributed by atoms with Gasteiger partial charge in [-0.1, -0.05) is 24.3 Å². The quantitative estimate of drug-likeness (QED) is 0.720. The third kappa shape index (κ3) is 3.27. The molecule has 0 fully saturated rings. The maximum absolute atomic E-state index is 10.6. The van der Waals surface area contributed by atoms with Crippen molar-refractivity contribution < 1.29 is 9.90 Å². The zero-order valence-corrected chi connectivity index (χ0v) is 11.6. The van der Waals surface area contributed by atoms with Crippen molar-refractivity contribution in [1.29, 1.82) is 0 Å². The summed E-state index contributed by atoms with van der Waals surface area (Å²) < 4.78 is 0. The highest BCUT2D eigenvalue weighted by Gasteiger charge is 2.00. The molecule has 0 aliphatic carbocycles. The molecule has 108 valence electrons. The number of aliphatic carboxylic acids is 1. The Labute approximate surface area is 127 Å². The molecular formula is C17H13N3O2. The summed E-state index contributed by atoms with van der Waals surface area (Å²) in [5, 5.41) is 11.8. The van der Waals surface area contributed by atoms with Gasteiger partial charge in [-0.25, -0.2) is 9.78 Å². The van der Waals surface area contributed by atoms with Gasteiger partial charge in [0.05, 0.1) is 17.2 Å². The second-order valence-corrected chi connectivity index (χ2v) is 4.67. The maximum atomic E-state index is 10.6. The summed E-state index contributed by atoms with van der Waals surface area (Å²) in [6.07, 6.45) is 4.32. The summed E-state index contributed by atoms with van der Waals surface area (Å²) in [6, 6.07) is 15.0. The molecule has 22 heavy (non-hydrogen) atoms.